The van der Waals surface area contributed by atoms with E-state index in [2.05, 4.69) is 54.2 Å². The number of furan rings is 1. The maximum Gasteiger partial charge on any atom is 0.138 e. The normalized spacial score (nSPS) is 13.3. The predicted molar refractivity (Wildman–Crippen MR) is 70.9 cm³/mol. The zero-order chi connectivity index (χ0) is 11.9. The van der Waals surface area contributed by atoms with E-state index in [9.17, 15) is 0 Å². The Labute approximate surface area is 104 Å². The van der Waals surface area contributed by atoms with Gasteiger partial charge in [-0.3, -0.25) is 0 Å². The number of fused-ring (bicyclic) bond motifs is 1. The molecule has 0 spiro atoms. The molecule has 86 valence electrons. The zero-order valence-corrected chi connectivity index (χ0v) is 11.6. The molecule has 1 atom stereocenters. The summed E-state index contributed by atoms with van der Waals surface area (Å²) in [7, 11) is 1.94. The average molecular weight is 282 g/mol. The molecule has 1 N–H and O–H groups in total. The number of hydrogen-bond acceptors (Lipinski definition) is 2. The van der Waals surface area contributed by atoms with Gasteiger partial charge in [0, 0.05) is 15.4 Å². The van der Waals surface area contributed by atoms with Crippen LogP contribution in [0.2, 0.25) is 0 Å². The lowest BCUT2D eigenvalue weighted by atomic mass is 10.1. The second kappa shape index (κ2) is 4.22. The highest BCUT2D eigenvalue weighted by Gasteiger charge is 2.18. The molecular formula is C13H16BrNO. The third-order valence-corrected chi connectivity index (χ3v) is 3.75. The predicted octanol–water partition coefficient (Wildman–Crippen LogP) is 4.09. The summed E-state index contributed by atoms with van der Waals surface area (Å²) in [6.07, 6.45) is 0. The molecule has 1 aromatic carbocycles. The van der Waals surface area contributed by atoms with Crippen LogP contribution < -0.4 is 5.32 Å². The molecule has 0 fully saturated rings. The van der Waals surface area contributed by atoms with Gasteiger partial charge in [-0.1, -0.05) is 22.0 Å². The van der Waals surface area contributed by atoms with Gasteiger partial charge in [0.25, 0.3) is 0 Å². The van der Waals surface area contributed by atoms with Crippen molar-refractivity contribution in [3.8, 4) is 0 Å². The Balaban J connectivity index is 2.77. The second-order valence-electron chi connectivity index (χ2n) is 4.17. The van der Waals surface area contributed by atoms with E-state index in [4.69, 9.17) is 4.42 Å². The van der Waals surface area contributed by atoms with E-state index in [1.165, 1.54) is 16.5 Å². The van der Waals surface area contributed by atoms with Crippen molar-refractivity contribution in [2.75, 3.05) is 7.05 Å². The SMILES string of the molecule is CNC(C)c1oc2c(C)ccc(Br)c2c1C. The van der Waals surface area contributed by atoms with Crippen LogP contribution in [0.1, 0.15) is 29.9 Å². The third kappa shape index (κ3) is 1.68. The smallest absolute Gasteiger partial charge is 0.138 e. The standard InChI is InChI=1S/C13H16BrNO/c1-7-5-6-10(14)11-8(2)13(9(3)15-4)16-12(7)11/h5-6,9,15H,1-4H3. The highest BCUT2D eigenvalue weighted by Crippen LogP contribution is 2.35. The molecule has 1 unspecified atom stereocenters. The fraction of sp³-hybridized carbons (Fsp3) is 0.385. The van der Waals surface area contributed by atoms with Gasteiger partial charge in [-0.15, -0.1) is 0 Å². The van der Waals surface area contributed by atoms with Crippen LogP contribution in [0.3, 0.4) is 0 Å². The first kappa shape index (κ1) is 11.7. The first-order chi connectivity index (χ1) is 7.56. The van der Waals surface area contributed by atoms with E-state index in [0.29, 0.717) is 0 Å². The van der Waals surface area contributed by atoms with Crippen LogP contribution in [-0.2, 0) is 0 Å². The molecule has 0 bridgehead atoms. The van der Waals surface area contributed by atoms with Crippen molar-refractivity contribution in [1.29, 1.82) is 0 Å². The number of nitrogens with one attached hydrogen (secondary N) is 1. The fourth-order valence-corrected chi connectivity index (χ4v) is 2.61. The number of rotatable bonds is 2. The molecule has 0 aliphatic carbocycles. The Morgan fingerprint density at radius 2 is 2.00 bits per heavy atom. The van der Waals surface area contributed by atoms with Crippen molar-refractivity contribution in [2.24, 2.45) is 0 Å². The number of benzene rings is 1. The molecule has 2 nitrogen and oxygen atoms in total. The molecule has 0 radical (unpaired) electrons. The van der Waals surface area contributed by atoms with Gasteiger partial charge in [0.1, 0.15) is 11.3 Å². The van der Waals surface area contributed by atoms with E-state index in [-0.39, 0.29) is 6.04 Å². The molecule has 0 aliphatic rings. The van der Waals surface area contributed by atoms with Gasteiger partial charge in [-0.05, 0) is 39.4 Å². The quantitative estimate of drug-likeness (QED) is 0.897. The Hall–Kier alpha value is -0.800. The van der Waals surface area contributed by atoms with Crippen molar-refractivity contribution in [3.05, 3.63) is 33.5 Å². The molecule has 0 amide bonds. The Morgan fingerprint density at radius 1 is 1.31 bits per heavy atom. The van der Waals surface area contributed by atoms with Gasteiger partial charge in [0.15, 0.2) is 0 Å². The molecule has 16 heavy (non-hydrogen) atoms. The van der Waals surface area contributed by atoms with E-state index < -0.39 is 0 Å². The van der Waals surface area contributed by atoms with Crippen LogP contribution in [0, 0.1) is 13.8 Å². The molecular weight excluding hydrogens is 266 g/mol. The van der Waals surface area contributed by atoms with E-state index in [1.54, 1.807) is 0 Å². The summed E-state index contributed by atoms with van der Waals surface area (Å²) >= 11 is 3.59. The molecule has 2 aromatic rings. The number of hydrogen-bond donors (Lipinski definition) is 1. The topological polar surface area (TPSA) is 25.2 Å². The lowest BCUT2D eigenvalue weighted by Crippen LogP contribution is -2.12. The molecule has 1 heterocycles. The highest BCUT2D eigenvalue weighted by molar-refractivity contribution is 9.10. The molecule has 0 saturated heterocycles. The van der Waals surface area contributed by atoms with Crippen LogP contribution in [0.15, 0.2) is 21.0 Å². The number of halogens is 1. The Bertz CT molecular complexity index is 530. The average Bonchev–Trinajstić information content (AvgIpc) is 2.62. The van der Waals surface area contributed by atoms with Gasteiger partial charge in [0.05, 0.1) is 6.04 Å². The second-order valence-corrected chi connectivity index (χ2v) is 5.02. The van der Waals surface area contributed by atoms with Gasteiger partial charge in [-0.25, -0.2) is 0 Å². The Morgan fingerprint density at radius 3 is 2.56 bits per heavy atom. The minimum Gasteiger partial charge on any atom is -0.459 e. The molecule has 3 heteroatoms. The molecule has 2 rings (SSSR count). The van der Waals surface area contributed by atoms with Gasteiger partial charge >= 0.3 is 0 Å². The fourth-order valence-electron chi connectivity index (χ4n) is 2.00. The summed E-state index contributed by atoms with van der Waals surface area (Å²) in [5, 5.41) is 4.40. The lowest BCUT2D eigenvalue weighted by Gasteiger charge is -2.07. The zero-order valence-electron chi connectivity index (χ0n) is 10.0. The van der Waals surface area contributed by atoms with Crippen LogP contribution in [-0.4, -0.2) is 7.05 Å². The number of aryl methyl sites for hydroxylation is 2. The molecule has 1 aromatic heterocycles. The lowest BCUT2D eigenvalue weighted by molar-refractivity contribution is 0.470. The summed E-state index contributed by atoms with van der Waals surface area (Å²) in [5.74, 6) is 1.02. The summed E-state index contributed by atoms with van der Waals surface area (Å²) in [6.45, 7) is 6.29. The summed E-state index contributed by atoms with van der Waals surface area (Å²) < 4.78 is 7.07. The third-order valence-electron chi connectivity index (χ3n) is 3.09. The van der Waals surface area contributed by atoms with E-state index in [0.717, 1.165) is 15.8 Å². The van der Waals surface area contributed by atoms with Crippen LogP contribution in [0.5, 0.6) is 0 Å². The summed E-state index contributed by atoms with van der Waals surface area (Å²) in [5.41, 5.74) is 3.38. The van der Waals surface area contributed by atoms with Crippen molar-refractivity contribution < 1.29 is 4.42 Å². The van der Waals surface area contributed by atoms with Crippen molar-refractivity contribution >= 4 is 26.9 Å². The maximum atomic E-state index is 5.97. The highest BCUT2D eigenvalue weighted by atomic mass is 79.9. The summed E-state index contributed by atoms with van der Waals surface area (Å²) in [6, 6.07) is 4.38. The first-order valence-electron chi connectivity index (χ1n) is 5.41. The van der Waals surface area contributed by atoms with Crippen LogP contribution >= 0.6 is 15.9 Å². The van der Waals surface area contributed by atoms with Gasteiger partial charge < -0.3 is 9.73 Å². The largest absolute Gasteiger partial charge is 0.459 e. The van der Waals surface area contributed by atoms with E-state index >= 15 is 0 Å². The van der Waals surface area contributed by atoms with E-state index in [1.807, 2.05) is 7.05 Å². The Kier molecular flexibility index (Phi) is 3.08. The minimum atomic E-state index is 0.235. The monoisotopic (exact) mass is 281 g/mol. The van der Waals surface area contributed by atoms with Crippen molar-refractivity contribution in [2.45, 2.75) is 26.8 Å². The van der Waals surface area contributed by atoms with Gasteiger partial charge in [-0.2, -0.15) is 0 Å². The minimum absolute atomic E-state index is 0.235. The van der Waals surface area contributed by atoms with Crippen molar-refractivity contribution in [3.63, 3.8) is 0 Å². The molecule has 0 saturated carbocycles. The molecule has 0 aliphatic heterocycles. The van der Waals surface area contributed by atoms with Crippen LogP contribution in [0.25, 0.3) is 11.0 Å². The van der Waals surface area contributed by atoms with Crippen molar-refractivity contribution in [1.82, 2.24) is 5.32 Å². The summed E-state index contributed by atoms with van der Waals surface area (Å²) in [4.78, 5) is 0. The van der Waals surface area contributed by atoms with Crippen LogP contribution in [0.4, 0.5) is 0 Å². The first-order valence-corrected chi connectivity index (χ1v) is 6.21. The maximum absolute atomic E-state index is 5.97. The van der Waals surface area contributed by atoms with Gasteiger partial charge in [0.2, 0.25) is 0 Å².